The monoisotopic (exact) mass is 271 g/mol. The minimum absolute atomic E-state index is 0.0970. The summed E-state index contributed by atoms with van der Waals surface area (Å²) in [6, 6.07) is 8.20. The predicted octanol–water partition coefficient (Wildman–Crippen LogP) is 3.08. The van der Waals surface area contributed by atoms with Gasteiger partial charge >= 0.3 is 0 Å². The van der Waals surface area contributed by atoms with Crippen LogP contribution in [0.4, 0.5) is 0 Å². The van der Waals surface area contributed by atoms with Crippen LogP contribution in [0.3, 0.4) is 0 Å². The van der Waals surface area contributed by atoms with E-state index in [-0.39, 0.29) is 23.1 Å². The number of imide groups is 1. The molecule has 3 rings (SSSR count). The summed E-state index contributed by atoms with van der Waals surface area (Å²) in [4.78, 5) is 24.3. The fourth-order valence-electron chi connectivity index (χ4n) is 3.94. The normalized spacial score (nSPS) is 25.6. The van der Waals surface area contributed by atoms with Crippen LogP contribution in [0.15, 0.2) is 24.3 Å². The minimum Gasteiger partial charge on any atom is -0.296 e. The Morgan fingerprint density at radius 3 is 2.35 bits per heavy atom. The third-order valence-corrected chi connectivity index (χ3v) is 4.91. The molecule has 3 heteroatoms. The van der Waals surface area contributed by atoms with Gasteiger partial charge in [-0.1, -0.05) is 49.1 Å². The summed E-state index contributed by atoms with van der Waals surface area (Å²) in [7, 11) is 0. The first kappa shape index (κ1) is 13.3. The van der Waals surface area contributed by atoms with Crippen LogP contribution < -0.4 is 5.32 Å². The first-order valence-corrected chi connectivity index (χ1v) is 7.51. The predicted molar refractivity (Wildman–Crippen MR) is 77.2 cm³/mol. The number of piperidine rings is 1. The zero-order chi connectivity index (χ0) is 14.2. The zero-order valence-electron chi connectivity index (χ0n) is 11.9. The van der Waals surface area contributed by atoms with Gasteiger partial charge in [0.15, 0.2) is 0 Å². The maximum Gasteiger partial charge on any atom is 0.234 e. The van der Waals surface area contributed by atoms with E-state index in [9.17, 15) is 9.59 Å². The van der Waals surface area contributed by atoms with E-state index in [0.29, 0.717) is 6.42 Å². The zero-order valence-corrected chi connectivity index (χ0v) is 11.9. The molecule has 1 aromatic carbocycles. The molecule has 1 N–H and O–H groups in total. The highest BCUT2D eigenvalue weighted by Crippen LogP contribution is 2.51. The average molecular weight is 271 g/mol. The molecule has 0 bridgehead atoms. The van der Waals surface area contributed by atoms with Crippen LogP contribution in [-0.2, 0) is 9.59 Å². The van der Waals surface area contributed by atoms with Crippen molar-refractivity contribution in [1.29, 1.82) is 0 Å². The van der Waals surface area contributed by atoms with Crippen molar-refractivity contribution >= 4 is 11.8 Å². The summed E-state index contributed by atoms with van der Waals surface area (Å²) in [5, 5.41) is 2.54. The summed E-state index contributed by atoms with van der Waals surface area (Å²) < 4.78 is 0. The molecular formula is C17H21NO2. The Morgan fingerprint density at radius 2 is 1.70 bits per heavy atom. The number of amides is 2. The Bertz CT molecular complexity index is 526. The highest BCUT2D eigenvalue weighted by molar-refractivity contribution is 6.02. The lowest BCUT2D eigenvalue weighted by molar-refractivity contribution is -0.141. The highest BCUT2D eigenvalue weighted by atomic mass is 16.2. The van der Waals surface area contributed by atoms with E-state index in [4.69, 9.17) is 0 Å². The van der Waals surface area contributed by atoms with Crippen molar-refractivity contribution in [2.75, 3.05) is 0 Å². The molecule has 3 nitrogen and oxygen atoms in total. The quantitative estimate of drug-likeness (QED) is 0.798. The van der Waals surface area contributed by atoms with Crippen LogP contribution in [0.5, 0.6) is 0 Å². The van der Waals surface area contributed by atoms with Crippen molar-refractivity contribution in [2.45, 2.75) is 51.4 Å². The molecule has 1 atom stereocenters. The van der Waals surface area contributed by atoms with Crippen molar-refractivity contribution in [3.63, 3.8) is 0 Å². The molecule has 1 aromatic rings. The molecule has 1 heterocycles. The van der Waals surface area contributed by atoms with E-state index in [1.54, 1.807) is 0 Å². The summed E-state index contributed by atoms with van der Waals surface area (Å²) in [6.45, 7) is 2.05. The Balaban J connectivity index is 2.01. The van der Waals surface area contributed by atoms with Crippen molar-refractivity contribution in [3.05, 3.63) is 35.4 Å². The fourth-order valence-corrected chi connectivity index (χ4v) is 3.94. The fraction of sp³-hybridized carbons (Fsp3) is 0.529. The van der Waals surface area contributed by atoms with E-state index in [1.165, 1.54) is 12.0 Å². The van der Waals surface area contributed by atoms with Crippen LogP contribution in [0.2, 0.25) is 0 Å². The molecule has 2 aliphatic rings. The molecule has 1 saturated carbocycles. The van der Waals surface area contributed by atoms with Crippen LogP contribution in [0.1, 0.15) is 55.6 Å². The van der Waals surface area contributed by atoms with Crippen LogP contribution in [0.25, 0.3) is 0 Å². The van der Waals surface area contributed by atoms with Crippen LogP contribution >= 0.6 is 0 Å². The molecule has 2 amide bonds. The Morgan fingerprint density at radius 1 is 1.05 bits per heavy atom. The minimum atomic E-state index is -0.166. The molecule has 0 aromatic heterocycles. The van der Waals surface area contributed by atoms with Gasteiger partial charge in [0, 0.05) is 6.42 Å². The Hall–Kier alpha value is -1.64. The van der Waals surface area contributed by atoms with Crippen molar-refractivity contribution < 1.29 is 9.59 Å². The number of hydrogen-bond acceptors (Lipinski definition) is 2. The first-order valence-electron chi connectivity index (χ1n) is 7.51. The summed E-state index contributed by atoms with van der Waals surface area (Å²) in [5.74, 6) is -0.367. The molecular weight excluding hydrogens is 250 g/mol. The van der Waals surface area contributed by atoms with E-state index in [0.717, 1.165) is 31.2 Å². The summed E-state index contributed by atoms with van der Waals surface area (Å²) >= 11 is 0. The van der Waals surface area contributed by atoms with Gasteiger partial charge < -0.3 is 0 Å². The number of aryl methyl sites for hydroxylation is 1. The standard InChI is InChI=1S/C17H21NO2/c1-12-5-7-13(8-6-12)15-16(20)18-14(19)11-17(15)9-3-2-4-10-17/h5-8,15H,2-4,9-11H2,1H3,(H,18,19,20). The lowest BCUT2D eigenvalue weighted by atomic mass is 9.60. The SMILES string of the molecule is Cc1ccc(C2C(=O)NC(=O)CC23CCCCC3)cc1. The molecule has 0 radical (unpaired) electrons. The van der Waals surface area contributed by atoms with Crippen molar-refractivity contribution in [2.24, 2.45) is 5.41 Å². The third-order valence-electron chi connectivity index (χ3n) is 4.91. The summed E-state index contributed by atoms with van der Waals surface area (Å²) in [6.07, 6.45) is 5.96. The molecule has 1 unspecified atom stereocenters. The second-order valence-corrected chi connectivity index (χ2v) is 6.36. The van der Waals surface area contributed by atoms with E-state index < -0.39 is 0 Å². The van der Waals surface area contributed by atoms with Gasteiger partial charge in [-0.15, -0.1) is 0 Å². The van der Waals surface area contributed by atoms with Crippen molar-refractivity contribution in [1.82, 2.24) is 5.32 Å². The third kappa shape index (κ3) is 2.26. The number of rotatable bonds is 1. The molecule has 1 spiro atoms. The summed E-state index contributed by atoms with van der Waals surface area (Å²) in [5.41, 5.74) is 2.11. The smallest absolute Gasteiger partial charge is 0.234 e. The lowest BCUT2D eigenvalue weighted by Crippen LogP contribution is -2.51. The van der Waals surface area contributed by atoms with Gasteiger partial charge in [0.25, 0.3) is 0 Å². The van der Waals surface area contributed by atoms with Gasteiger partial charge in [-0.2, -0.15) is 0 Å². The number of carbonyl (C=O) groups is 2. The molecule has 1 aliphatic carbocycles. The first-order chi connectivity index (χ1) is 9.61. The molecule has 1 aliphatic heterocycles. The Labute approximate surface area is 119 Å². The van der Waals surface area contributed by atoms with Gasteiger partial charge in [-0.05, 0) is 30.7 Å². The van der Waals surface area contributed by atoms with Gasteiger partial charge in [0.1, 0.15) is 0 Å². The van der Waals surface area contributed by atoms with Crippen molar-refractivity contribution in [3.8, 4) is 0 Å². The maximum atomic E-state index is 12.4. The number of hydrogen-bond donors (Lipinski definition) is 1. The Kier molecular flexibility index (Phi) is 3.36. The average Bonchev–Trinajstić information content (AvgIpc) is 2.41. The van der Waals surface area contributed by atoms with Gasteiger partial charge in [0.05, 0.1) is 5.92 Å². The van der Waals surface area contributed by atoms with E-state index in [2.05, 4.69) is 17.4 Å². The van der Waals surface area contributed by atoms with E-state index >= 15 is 0 Å². The van der Waals surface area contributed by atoms with E-state index in [1.807, 2.05) is 19.1 Å². The molecule has 106 valence electrons. The number of carbonyl (C=O) groups excluding carboxylic acids is 2. The second-order valence-electron chi connectivity index (χ2n) is 6.36. The molecule has 2 fully saturated rings. The van der Waals surface area contributed by atoms with Gasteiger partial charge in [0.2, 0.25) is 11.8 Å². The molecule has 1 saturated heterocycles. The van der Waals surface area contributed by atoms with Crippen LogP contribution in [-0.4, -0.2) is 11.8 Å². The lowest BCUT2D eigenvalue weighted by Gasteiger charge is -2.45. The van der Waals surface area contributed by atoms with Gasteiger partial charge in [-0.25, -0.2) is 0 Å². The van der Waals surface area contributed by atoms with Gasteiger partial charge in [-0.3, -0.25) is 14.9 Å². The highest BCUT2D eigenvalue weighted by Gasteiger charge is 2.49. The molecule has 20 heavy (non-hydrogen) atoms. The van der Waals surface area contributed by atoms with Crippen LogP contribution in [0, 0.1) is 12.3 Å². The largest absolute Gasteiger partial charge is 0.296 e. The topological polar surface area (TPSA) is 46.2 Å². The second kappa shape index (κ2) is 5.04. The maximum absolute atomic E-state index is 12.4. The number of benzene rings is 1. The number of nitrogens with one attached hydrogen (secondary N) is 1.